The van der Waals surface area contributed by atoms with Gasteiger partial charge in [0.05, 0.1) is 23.3 Å². The van der Waals surface area contributed by atoms with Gasteiger partial charge in [0.15, 0.2) is 0 Å². The Labute approximate surface area is 239 Å². The first-order chi connectivity index (χ1) is 19.4. The monoisotopic (exact) mass is 580 g/mol. The molecule has 4 rings (SSSR count). The first-order valence-corrected chi connectivity index (χ1v) is 15.0. The molecule has 0 saturated heterocycles. The second-order valence-electron chi connectivity index (χ2n) is 10.2. The van der Waals surface area contributed by atoms with Crippen molar-refractivity contribution in [2.24, 2.45) is 4.99 Å². The molecule has 0 bridgehead atoms. The van der Waals surface area contributed by atoms with Gasteiger partial charge in [0.25, 0.3) is 0 Å². The summed E-state index contributed by atoms with van der Waals surface area (Å²) in [5.74, 6) is -2.52. The van der Waals surface area contributed by atoms with Gasteiger partial charge in [0.1, 0.15) is 11.7 Å². The lowest BCUT2D eigenvalue weighted by Crippen LogP contribution is -2.32. The van der Waals surface area contributed by atoms with Crippen LogP contribution in [0.5, 0.6) is 0 Å². The number of aryl methyl sites for hydroxylation is 1. The van der Waals surface area contributed by atoms with Crippen molar-refractivity contribution < 1.29 is 27.5 Å². The van der Waals surface area contributed by atoms with Gasteiger partial charge in [-0.1, -0.05) is 30.3 Å². The Kier molecular flexibility index (Phi) is 9.19. The van der Waals surface area contributed by atoms with Gasteiger partial charge in [-0.15, -0.1) is 0 Å². The number of aliphatic carboxylic acids is 1. The maximum Gasteiger partial charge on any atom is 0.303 e. The van der Waals surface area contributed by atoms with E-state index in [4.69, 9.17) is 10.1 Å². The van der Waals surface area contributed by atoms with Crippen molar-refractivity contribution in [3.05, 3.63) is 89.2 Å². The minimum atomic E-state index is -3.51. The summed E-state index contributed by atoms with van der Waals surface area (Å²) in [6, 6.07) is 18.0. The van der Waals surface area contributed by atoms with Gasteiger partial charge in [-0.25, -0.2) is 12.8 Å². The molecule has 0 aliphatic carbocycles. The normalized spacial score (nSPS) is 15.1. The number of anilines is 2. The molecule has 11 heteroatoms. The van der Waals surface area contributed by atoms with Crippen LogP contribution >= 0.6 is 0 Å². The van der Waals surface area contributed by atoms with Gasteiger partial charge >= 0.3 is 5.97 Å². The second-order valence-corrected chi connectivity index (χ2v) is 12.2. The van der Waals surface area contributed by atoms with Gasteiger partial charge in [-0.2, -0.15) is 0 Å². The van der Waals surface area contributed by atoms with E-state index in [1.54, 1.807) is 54.6 Å². The van der Waals surface area contributed by atoms with Crippen molar-refractivity contribution in [3.63, 3.8) is 0 Å². The molecule has 1 unspecified atom stereocenters. The fraction of sp³-hybridized carbons (Fsp3) is 0.300. The maximum absolute atomic E-state index is 13.9. The van der Waals surface area contributed by atoms with Crippen molar-refractivity contribution in [3.8, 4) is 0 Å². The zero-order valence-corrected chi connectivity index (χ0v) is 24.0. The molecule has 0 fully saturated rings. The van der Waals surface area contributed by atoms with Gasteiger partial charge in [-0.05, 0) is 86.6 Å². The number of nitrogens with one attached hydrogen (secondary N) is 1. The van der Waals surface area contributed by atoms with E-state index in [2.05, 4.69) is 5.32 Å². The zero-order valence-electron chi connectivity index (χ0n) is 23.2. The molecule has 1 amide bonds. The number of aliphatic imine (C=N–C) groups is 1. The topological polar surface area (TPSA) is 119 Å². The van der Waals surface area contributed by atoms with Gasteiger partial charge in [-0.3, -0.25) is 18.9 Å². The van der Waals surface area contributed by atoms with E-state index < -0.39 is 27.7 Å². The van der Waals surface area contributed by atoms with E-state index in [0.717, 1.165) is 12.1 Å². The van der Waals surface area contributed by atoms with Crippen LogP contribution in [-0.2, 0) is 26.0 Å². The summed E-state index contributed by atoms with van der Waals surface area (Å²) in [4.78, 5) is 30.9. The molecule has 1 aliphatic heterocycles. The van der Waals surface area contributed by atoms with Crippen LogP contribution in [0.1, 0.15) is 35.4 Å². The summed E-state index contributed by atoms with van der Waals surface area (Å²) in [6.07, 6.45) is 2.19. The minimum Gasteiger partial charge on any atom is -0.481 e. The van der Waals surface area contributed by atoms with Gasteiger partial charge in [0.2, 0.25) is 15.9 Å². The minimum absolute atomic E-state index is 0.00372. The third kappa shape index (κ3) is 7.56. The third-order valence-electron chi connectivity index (χ3n) is 6.75. The second kappa shape index (κ2) is 12.6. The molecule has 3 aromatic rings. The number of carbonyl (C=O) groups is 2. The van der Waals surface area contributed by atoms with Crippen LogP contribution in [0.15, 0.2) is 71.7 Å². The Morgan fingerprint density at radius 2 is 1.71 bits per heavy atom. The van der Waals surface area contributed by atoms with E-state index >= 15 is 0 Å². The molecule has 9 nitrogen and oxygen atoms in total. The van der Waals surface area contributed by atoms with Crippen LogP contribution in [-0.4, -0.2) is 69.5 Å². The highest BCUT2D eigenvalue weighted by molar-refractivity contribution is 7.92. The van der Waals surface area contributed by atoms with Crippen LogP contribution in [0, 0.1) is 5.82 Å². The van der Waals surface area contributed by atoms with Crippen LogP contribution in [0.4, 0.5) is 21.5 Å². The molecule has 0 radical (unpaired) electrons. The molecular formula is C30H33FN4O5S. The number of hydrogen-bond acceptors (Lipinski definition) is 6. The molecule has 1 atom stereocenters. The Bertz CT molecular complexity index is 1550. The van der Waals surface area contributed by atoms with Gasteiger partial charge < -0.3 is 15.3 Å². The molecule has 2 N–H and O–H groups in total. The number of carboxylic acid groups (broad SMARTS) is 1. The van der Waals surface area contributed by atoms with Crippen LogP contribution in [0.25, 0.3) is 0 Å². The maximum atomic E-state index is 13.9. The van der Waals surface area contributed by atoms with Crippen molar-refractivity contribution in [2.45, 2.75) is 25.2 Å². The predicted octanol–water partition coefficient (Wildman–Crippen LogP) is 4.42. The standard InChI is InChI=1S/C30H33FN4O5S/c1-34(2)17-4-18-35(41(3,39)40)24-13-11-23(12-14-24)32-29(21-8-5-20(6-9-21)7-16-27(36)37)28-25-15-10-22(31)19-26(25)33-30(28)38/h5-6,8-15,19,28H,4,7,16-18H2,1-3H3,(H,33,38)(H,36,37). The van der Waals surface area contributed by atoms with Gasteiger partial charge in [0, 0.05) is 18.7 Å². The number of sulfonamides is 1. The molecule has 216 valence electrons. The summed E-state index contributed by atoms with van der Waals surface area (Å²) in [5.41, 5.74) is 3.88. The Balaban J connectivity index is 1.71. The smallest absolute Gasteiger partial charge is 0.303 e. The lowest BCUT2D eigenvalue weighted by molar-refractivity contribution is -0.137. The quantitative estimate of drug-likeness (QED) is 0.306. The first-order valence-electron chi connectivity index (χ1n) is 13.1. The van der Waals surface area contributed by atoms with Crippen molar-refractivity contribution in [1.29, 1.82) is 0 Å². The number of nitrogens with zero attached hydrogens (tertiary/aromatic N) is 3. The highest BCUT2D eigenvalue weighted by Gasteiger charge is 2.35. The van der Waals surface area contributed by atoms with Crippen molar-refractivity contribution >= 4 is 44.7 Å². The molecule has 0 spiro atoms. The molecule has 0 aromatic heterocycles. The third-order valence-corrected chi connectivity index (χ3v) is 7.95. The molecule has 1 heterocycles. The van der Waals surface area contributed by atoms with E-state index in [1.807, 2.05) is 19.0 Å². The Hall–Kier alpha value is -4.09. The number of hydrogen-bond donors (Lipinski definition) is 2. The Morgan fingerprint density at radius 3 is 2.32 bits per heavy atom. The summed E-state index contributed by atoms with van der Waals surface area (Å²) < 4.78 is 40.2. The molecule has 41 heavy (non-hydrogen) atoms. The number of carbonyl (C=O) groups excluding carboxylic acids is 1. The molecule has 3 aromatic carbocycles. The van der Waals surface area contributed by atoms with E-state index in [1.165, 1.54) is 22.7 Å². The number of benzene rings is 3. The predicted molar refractivity (Wildman–Crippen MR) is 158 cm³/mol. The lowest BCUT2D eigenvalue weighted by atomic mass is 9.90. The van der Waals surface area contributed by atoms with E-state index in [0.29, 0.717) is 53.3 Å². The summed E-state index contributed by atoms with van der Waals surface area (Å²) in [5, 5.41) is 11.7. The fourth-order valence-electron chi connectivity index (χ4n) is 4.74. The lowest BCUT2D eigenvalue weighted by Gasteiger charge is -2.23. The first kappa shape index (κ1) is 29.9. The van der Waals surface area contributed by atoms with E-state index in [-0.39, 0.29) is 12.3 Å². The highest BCUT2D eigenvalue weighted by Crippen LogP contribution is 2.37. The number of fused-ring (bicyclic) bond motifs is 1. The van der Waals surface area contributed by atoms with Crippen LogP contribution in [0.2, 0.25) is 0 Å². The number of rotatable bonds is 12. The van der Waals surface area contributed by atoms with E-state index in [9.17, 15) is 22.4 Å². The van der Waals surface area contributed by atoms with Crippen LogP contribution < -0.4 is 9.62 Å². The molecular weight excluding hydrogens is 547 g/mol. The van der Waals surface area contributed by atoms with Crippen molar-refractivity contribution in [1.82, 2.24) is 4.90 Å². The highest BCUT2D eigenvalue weighted by atomic mass is 32.2. The zero-order chi connectivity index (χ0) is 29.7. The summed E-state index contributed by atoms with van der Waals surface area (Å²) in [7, 11) is 0.350. The SMILES string of the molecule is CN(C)CCCN(c1ccc(N=C(c2ccc(CCC(=O)O)cc2)C2C(=O)Nc3cc(F)ccc32)cc1)S(C)(=O)=O. The fourth-order valence-corrected chi connectivity index (χ4v) is 5.71. The largest absolute Gasteiger partial charge is 0.481 e. The van der Waals surface area contributed by atoms with Crippen molar-refractivity contribution in [2.75, 3.05) is 43.1 Å². The molecule has 0 saturated carbocycles. The Morgan fingerprint density at radius 1 is 1.02 bits per heavy atom. The average Bonchev–Trinajstić information content (AvgIpc) is 3.23. The number of halogens is 1. The number of amides is 1. The average molecular weight is 581 g/mol. The number of carboxylic acids is 1. The summed E-state index contributed by atoms with van der Waals surface area (Å²) in [6.45, 7) is 1.07. The molecule has 1 aliphatic rings. The summed E-state index contributed by atoms with van der Waals surface area (Å²) >= 11 is 0. The van der Waals surface area contributed by atoms with Crippen LogP contribution in [0.3, 0.4) is 0 Å².